The summed E-state index contributed by atoms with van der Waals surface area (Å²) in [7, 11) is 2.09. The van der Waals surface area contributed by atoms with Crippen LogP contribution in [0.2, 0.25) is 0 Å². The number of hydrogen-bond donors (Lipinski definition) is 4. The lowest BCUT2D eigenvalue weighted by Crippen LogP contribution is -2.61. The molecule has 0 aliphatic carbocycles. The molecule has 1 aromatic carbocycles. The predicted octanol–water partition coefficient (Wildman–Crippen LogP) is 0.658. The summed E-state index contributed by atoms with van der Waals surface area (Å²) in [5.41, 5.74) is 2.04. The van der Waals surface area contributed by atoms with E-state index >= 15 is 0 Å². The number of aliphatic carboxylic acids is 1. The van der Waals surface area contributed by atoms with Gasteiger partial charge in [0.05, 0.1) is 16.9 Å². The number of thiophene rings is 1. The molecule has 0 saturated carbocycles. The summed E-state index contributed by atoms with van der Waals surface area (Å²) in [6.45, 7) is 5.39. The fraction of sp³-hybridized carbons (Fsp3) is 0.478. The Morgan fingerprint density at radius 1 is 1.11 bits per heavy atom. The number of piperazine rings is 1. The number of carbonyl (C=O) groups is 1. The quantitative estimate of drug-likeness (QED) is 0.471. The van der Waals surface area contributed by atoms with Crippen molar-refractivity contribution in [1.29, 1.82) is 0 Å². The molecule has 4 N–H and O–H groups in total. The molecule has 1 unspecified atom stereocenters. The number of hydrogen-bond acceptors (Lipinski definition) is 11. The van der Waals surface area contributed by atoms with E-state index in [0.29, 0.717) is 16.4 Å². The first-order valence-corrected chi connectivity index (χ1v) is 12.2. The second-order valence-electron chi connectivity index (χ2n) is 8.93. The van der Waals surface area contributed by atoms with E-state index in [1.165, 1.54) is 16.4 Å². The number of benzene rings is 1. The second kappa shape index (κ2) is 9.47. The molecule has 0 radical (unpaired) electrons. The molecule has 1 aromatic heterocycles. The topological polar surface area (TPSA) is 139 Å². The normalized spacial score (nSPS) is 29.3. The first-order chi connectivity index (χ1) is 16.7. The number of amidine groups is 1. The highest BCUT2D eigenvalue weighted by Crippen LogP contribution is 2.45. The fourth-order valence-electron chi connectivity index (χ4n) is 4.43. The van der Waals surface area contributed by atoms with Crippen LogP contribution in [0.5, 0.6) is 0 Å². The van der Waals surface area contributed by atoms with Crippen LogP contribution in [0.3, 0.4) is 0 Å². The molecule has 0 amide bonds. The van der Waals surface area contributed by atoms with Gasteiger partial charge < -0.3 is 35.0 Å². The maximum atomic E-state index is 11.6. The first-order valence-electron chi connectivity index (χ1n) is 11.4. The van der Waals surface area contributed by atoms with E-state index in [1.807, 2.05) is 31.2 Å². The Bertz CT molecular complexity index is 1130. The zero-order valence-electron chi connectivity index (χ0n) is 19.3. The van der Waals surface area contributed by atoms with E-state index in [1.54, 1.807) is 6.07 Å². The maximum Gasteiger partial charge on any atom is 0.335 e. The number of aliphatic hydroxyl groups is 3. The highest BCUT2D eigenvalue weighted by atomic mass is 32.1. The largest absolute Gasteiger partial charge is 0.479 e. The average Bonchev–Trinajstić information content (AvgIpc) is 3.17. The van der Waals surface area contributed by atoms with Crippen molar-refractivity contribution < 1.29 is 34.8 Å². The average molecular weight is 505 g/mol. The van der Waals surface area contributed by atoms with E-state index in [9.17, 15) is 25.2 Å². The number of ether oxygens (including phenoxy) is 1. The van der Waals surface area contributed by atoms with Crippen molar-refractivity contribution in [3.05, 3.63) is 40.8 Å². The lowest BCUT2D eigenvalue weighted by Gasteiger charge is -2.40. The lowest BCUT2D eigenvalue weighted by atomic mass is 9.99. The zero-order valence-corrected chi connectivity index (χ0v) is 20.1. The molecule has 12 heteroatoms. The molecule has 0 bridgehead atoms. The van der Waals surface area contributed by atoms with Crippen molar-refractivity contribution in [1.82, 2.24) is 9.80 Å². The van der Waals surface area contributed by atoms with Crippen LogP contribution in [0, 0.1) is 6.92 Å². The molecule has 2 saturated heterocycles. The summed E-state index contributed by atoms with van der Waals surface area (Å²) in [6.07, 6.45) is -8.56. The van der Waals surface area contributed by atoms with E-state index in [4.69, 9.17) is 14.6 Å². The van der Waals surface area contributed by atoms with Crippen LogP contribution in [0.15, 0.2) is 35.3 Å². The van der Waals surface area contributed by atoms with Gasteiger partial charge in [0.15, 0.2) is 6.10 Å². The molecular formula is C23H28N4O7S. The molecule has 4 heterocycles. The van der Waals surface area contributed by atoms with Crippen molar-refractivity contribution in [2.24, 2.45) is 4.99 Å². The van der Waals surface area contributed by atoms with Gasteiger partial charge in [-0.05, 0) is 32.2 Å². The maximum absolute atomic E-state index is 11.6. The molecule has 11 nitrogen and oxygen atoms in total. The summed E-state index contributed by atoms with van der Waals surface area (Å²) < 4.78 is 5.41. The number of aliphatic imine (C=N–C) groups is 1. The number of aryl methyl sites for hydroxylation is 1. The molecule has 188 valence electrons. The monoisotopic (exact) mass is 504 g/mol. The van der Waals surface area contributed by atoms with E-state index in [0.717, 1.165) is 42.5 Å². The van der Waals surface area contributed by atoms with Crippen LogP contribution in [0.1, 0.15) is 10.4 Å². The predicted molar refractivity (Wildman–Crippen MR) is 128 cm³/mol. The Hall–Kier alpha value is -2.58. The summed E-state index contributed by atoms with van der Waals surface area (Å²) in [5, 5.41) is 42.5. The number of rotatable bonds is 3. The summed E-state index contributed by atoms with van der Waals surface area (Å²) >= 11 is 1.46. The van der Waals surface area contributed by atoms with E-state index < -0.39 is 36.7 Å². The molecule has 5 rings (SSSR count). The Labute approximate surface area is 206 Å². The number of likely N-dealkylation sites (N-methyl/N-ethyl adjacent to an activating group) is 1. The van der Waals surface area contributed by atoms with E-state index in [-0.39, 0.29) is 0 Å². The lowest BCUT2D eigenvalue weighted by molar-refractivity contribution is -0.294. The number of anilines is 2. The molecule has 3 aliphatic rings. The van der Waals surface area contributed by atoms with Gasteiger partial charge in [0.1, 0.15) is 29.1 Å². The number of carboxylic acid groups (broad SMARTS) is 1. The third-order valence-corrected chi connectivity index (χ3v) is 7.43. The third-order valence-electron chi connectivity index (χ3n) is 6.41. The van der Waals surface area contributed by atoms with Gasteiger partial charge in [0, 0.05) is 31.1 Å². The Morgan fingerprint density at radius 3 is 2.54 bits per heavy atom. The van der Waals surface area contributed by atoms with Crippen molar-refractivity contribution in [3.8, 4) is 0 Å². The van der Waals surface area contributed by atoms with Crippen molar-refractivity contribution in [2.45, 2.75) is 37.6 Å². The van der Waals surface area contributed by atoms with Crippen LogP contribution >= 0.6 is 11.3 Å². The fourth-order valence-corrected chi connectivity index (χ4v) is 5.40. The molecule has 5 atom stereocenters. The van der Waals surface area contributed by atoms with Gasteiger partial charge in [0.2, 0.25) is 6.29 Å². The minimum Gasteiger partial charge on any atom is -0.479 e. The molecule has 0 spiro atoms. The third kappa shape index (κ3) is 4.42. The number of para-hydroxylation sites is 2. The number of fused-ring (bicyclic) bond motifs is 2. The first kappa shape index (κ1) is 24.1. The van der Waals surface area contributed by atoms with Gasteiger partial charge in [-0.15, -0.1) is 11.3 Å². The molecule has 3 aliphatic heterocycles. The highest BCUT2D eigenvalue weighted by molar-refractivity contribution is 7.16. The van der Waals surface area contributed by atoms with Crippen LogP contribution in [0.4, 0.5) is 16.4 Å². The number of nitrogens with zero attached hydrogens (tertiary/aromatic N) is 4. The minimum absolute atomic E-state index is 0.572. The standard InChI is InChI=1S/C23H28N4O7S/c1-12-11-13-20(26-9-7-25(2)8-10-26)24-14-5-3-4-6-15(14)27(21(13)35-12)34-23-18(30)16(28)17(29)19(33-23)22(31)32/h3-6,11,16-19,23,28-30H,7-10H2,1-2H3,(H,31,32)/t16-,17-,18+,19-,23?/m0/s1. The number of carboxylic acids is 1. The molecular weight excluding hydrogens is 476 g/mol. The van der Waals surface area contributed by atoms with Gasteiger partial charge in [0.25, 0.3) is 0 Å². The van der Waals surface area contributed by atoms with Crippen LogP contribution in [0.25, 0.3) is 0 Å². The Balaban J connectivity index is 1.55. The van der Waals surface area contributed by atoms with Gasteiger partial charge in [-0.1, -0.05) is 12.1 Å². The summed E-state index contributed by atoms with van der Waals surface area (Å²) in [5.74, 6) is -0.665. The molecule has 35 heavy (non-hydrogen) atoms. The SMILES string of the molecule is Cc1cc2c(s1)N(OC1O[C@H](C(=O)O)[C@@H](O)[C@H](O)[C@H]1O)c1ccccc1N=C2N1CCN(C)CC1. The van der Waals surface area contributed by atoms with Crippen molar-refractivity contribution >= 4 is 39.5 Å². The minimum atomic E-state index is -1.80. The van der Waals surface area contributed by atoms with Gasteiger partial charge in [-0.25, -0.2) is 19.7 Å². The second-order valence-corrected chi connectivity index (χ2v) is 10.2. The molecule has 2 fully saturated rings. The zero-order chi connectivity index (χ0) is 24.9. The Kier molecular flexibility index (Phi) is 6.53. The van der Waals surface area contributed by atoms with Gasteiger partial charge >= 0.3 is 5.97 Å². The Morgan fingerprint density at radius 2 is 1.83 bits per heavy atom. The smallest absolute Gasteiger partial charge is 0.335 e. The van der Waals surface area contributed by atoms with E-state index in [2.05, 4.69) is 16.8 Å². The van der Waals surface area contributed by atoms with Crippen LogP contribution in [-0.2, 0) is 14.4 Å². The van der Waals surface area contributed by atoms with Crippen LogP contribution < -0.4 is 5.06 Å². The van der Waals surface area contributed by atoms with Gasteiger partial charge in [-0.2, -0.15) is 0 Å². The molecule has 2 aromatic rings. The summed E-state index contributed by atoms with van der Waals surface area (Å²) in [6, 6.07) is 9.36. The number of aliphatic hydroxyl groups excluding tert-OH is 3. The highest BCUT2D eigenvalue weighted by Gasteiger charge is 2.49. The van der Waals surface area contributed by atoms with Gasteiger partial charge in [-0.3, -0.25) is 0 Å². The van der Waals surface area contributed by atoms with Crippen molar-refractivity contribution in [2.75, 3.05) is 38.3 Å². The van der Waals surface area contributed by atoms with Crippen molar-refractivity contribution in [3.63, 3.8) is 0 Å². The summed E-state index contributed by atoms with van der Waals surface area (Å²) in [4.78, 5) is 28.2. The van der Waals surface area contributed by atoms with Crippen LogP contribution in [-0.4, -0.2) is 106 Å².